The molecule has 0 radical (unpaired) electrons. The lowest BCUT2D eigenvalue weighted by Gasteiger charge is -2.35. The van der Waals surface area contributed by atoms with E-state index in [1.165, 1.54) is 12.8 Å². The summed E-state index contributed by atoms with van der Waals surface area (Å²) in [5.41, 5.74) is -0.0368. The summed E-state index contributed by atoms with van der Waals surface area (Å²) in [5.74, 6) is 1.34. The summed E-state index contributed by atoms with van der Waals surface area (Å²) in [4.78, 5) is 0. The van der Waals surface area contributed by atoms with Gasteiger partial charge in [0.25, 0.3) is 0 Å². The summed E-state index contributed by atoms with van der Waals surface area (Å²) in [5, 5.41) is 13.1. The highest BCUT2D eigenvalue weighted by Crippen LogP contribution is 2.39. The van der Waals surface area contributed by atoms with Gasteiger partial charge < -0.3 is 10.4 Å². The first kappa shape index (κ1) is 12.0. The monoisotopic (exact) mass is 199 g/mol. The zero-order valence-corrected chi connectivity index (χ0v) is 10.0. The van der Waals surface area contributed by atoms with E-state index in [1.54, 1.807) is 0 Å². The van der Waals surface area contributed by atoms with Crippen molar-refractivity contribution >= 4 is 0 Å². The van der Waals surface area contributed by atoms with Crippen LogP contribution in [0.2, 0.25) is 0 Å². The Morgan fingerprint density at radius 1 is 1.43 bits per heavy atom. The summed E-state index contributed by atoms with van der Waals surface area (Å²) in [7, 11) is 0. The average Bonchev–Trinajstić information content (AvgIpc) is 2.96. The molecule has 0 aliphatic heterocycles. The number of hydrogen-bond donors (Lipinski definition) is 2. The third-order valence-electron chi connectivity index (χ3n) is 3.57. The Hall–Kier alpha value is -0.0800. The van der Waals surface area contributed by atoms with Crippen LogP contribution in [0.1, 0.15) is 47.0 Å². The molecular weight excluding hydrogens is 174 g/mol. The van der Waals surface area contributed by atoms with Gasteiger partial charge >= 0.3 is 0 Å². The van der Waals surface area contributed by atoms with Crippen molar-refractivity contribution in [3.8, 4) is 0 Å². The van der Waals surface area contributed by atoms with Crippen LogP contribution in [0.5, 0.6) is 0 Å². The van der Waals surface area contributed by atoms with Crippen LogP contribution < -0.4 is 5.32 Å². The molecule has 0 bridgehead atoms. The van der Waals surface area contributed by atoms with Crippen molar-refractivity contribution in [2.24, 2.45) is 11.8 Å². The van der Waals surface area contributed by atoms with Gasteiger partial charge in [0.1, 0.15) is 0 Å². The molecule has 0 amide bonds. The second-order valence-corrected chi connectivity index (χ2v) is 5.25. The largest absolute Gasteiger partial charge is 0.394 e. The summed E-state index contributed by atoms with van der Waals surface area (Å²) >= 11 is 0. The van der Waals surface area contributed by atoms with Crippen LogP contribution in [-0.4, -0.2) is 23.3 Å². The van der Waals surface area contributed by atoms with Crippen molar-refractivity contribution < 1.29 is 5.11 Å². The Bertz CT molecular complexity index is 177. The molecule has 0 aromatic rings. The molecule has 2 nitrogen and oxygen atoms in total. The Labute approximate surface area is 88.1 Å². The standard InChI is InChI=1S/C12H25NO/c1-5-11(9(2)3)13-12(4,8-14)10-6-7-10/h9-11,13-14H,5-8H2,1-4H3. The smallest absolute Gasteiger partial charge is 0.0613 e. The topological polar surface area (TPSA) is 32.3 Å². The second-order valence-electron chi connectivity index (χ2n) is 5.25. The number of hydrogen-bond acceptors (Lipinski definition) is 2. The van der Waals surface area contributed by atoms with Crippen LogP contribution in [0, 0.1) is 11.8 Å². The predicted molar refractivity (Wildman–Crippen MR) is 60.3 cm³/mol. The van der Waals surface area contributed by atoms with Crippen LogP contribution >= 0.6 is 0 Å². The van der Waals surface area contributed by atoms with Gasteiger partial charge in [0.05, 0.1) is 6.61 Å². The molecule has 0 saturated heterocycles. The SMILES string of the molecule is CCC(NC(C)(CO)C1CC1)C(C)C. The van der Waals surface area contributed by atoms with Gasteiger partial charge in [-0.05, 0) is 38.0 Å². The van der Waals surface area contributed by atoms with E-state index in [0.717, 1.165) is 6.42 Å². The Morgan fingerprint density at radius 3 is 2.29 bits per heavy atom. The molecule has 0 aromatic carbocycles. The first-order valence-corrected chi connectivity index (χ1v) is 5.92. The van der Waals surface area contributed by atoms with Gasteiger partial charge in [0.15, 0.2) is 0 Å². The van der Waals surface area contributed by atoms with Gasteiger partial charge in [-0.2, -0.15) is 0 Å². The lowest BCUT2D eigenvalue weighted by Crippen LogP contribution is -2.53. The quantitative estimate of drug-likeness (QED) is 0.687. The van der Waals surface area contributed by atoms with E-state index in [-0.39, 0.29) is 12.1 Å². The van der Waals surface area contributed by atoms with Gasteiger partial charge in [0, 0.05) is 11.6 Å². The van der Waals surface area contributed by atoms with E-state index in [1.807, 2.05) is 0 Å². The molecule has 2 heteroatoms. The van der Waals surface area contributed by atoms with E-state index in [9.17, 15) is 5.11 Å². The normalized spacial score (nSPS) is 23.6. The molecule has 1 aliphatic rings. The molecule has 1 aliphatic carbocycles. The van der Waals surface area contributed by atoms with Crippen molar-refractivity contribution in [2.45, 2.75) is 58.5 Å². The molecule has 2 N–H and O–H groups in total. The molecule has 2 atom stereocenters. The van der Waals surface area contributed by atoms with E-state index < -0.39 is 0 Å². The first-order chi connectivity index (χ1) is 6.53. The summed E-state index contributed by atoms with van der Waals surface area (Å²) < 4.78 is 0. The molecule has 84 valence electrons. The number of aliphatic hydroxyl groups excluding tert-OH is 1. The average molecular weight is 199 g/mol. The molecule has 2 unspecified atom stereocenters. The minimum atomic E-state index is -0.0368. The fraction of sp³-hybridized carbons (Fsp3) is 1.00. The van der Waals surface area contributed by atoms with E-state index in [2.05, 4.69) is 33.0 Å². The Kier molecular flexibility index (Phi) is 3.96. The summed E-state index contributed by atoms with van der Waals surface area (Å²) in [6, 6.07) is 0.535. The fourth-order valence-electron chi connectivity index (χ4n) is 2.18. The van der Waals surface area contributed by atoms with Crippen molar-refractivity contribution in [1.29, 1.82) is 0 Å². The zero-order chi connectivity index (χ0) is 10.8. The summed E-state index contributed by atoms with van der Waals surface area (Å²) in [6.07, 6.45) is 3.69. The maximum absolute atomic E-state index is 9.46. The molecule has 1 saturated carbocycles. The maximum Gasteiger partial charge on any atom is 0.0613 e. The van der Waals surface area contributed by atoms with E-state index >= 15 is 0 Å². The molecule has 0 aromatic heterocycles. The first-order valence-electron chi connectivity index (χ1n) is 5.92. The number of rotatable bonds is 6. The number of aliphatic hydroxyl groups is 1. The van der Waals surface area contributed by atoms with Gasteiger partial charge in [-0.25, -0.2) is 0 Å². The van der Waals surface area contributed by atoms with Crippen molar-refractivity contribution in [2.75, 3.05) is 6.61 Å². The molecular formula is C12H25NO. The number of nitrogens with one attached hydrogen (secondary N) is 1. The summed E-state index contributed by atoms with van der Waals surface area (Å²) in [6.45, 7) is 9.12. The van der Waals surface area contributed by atoms with Gasteiger partial charge in [-0.3, -0.25) is 0 Å². The van der Waals surface area contributed by atoms with E-state index in [4.69, 9.17) is 0 Å². The highest BCUT2D eigenvalue weighted by atomic mass is 16.3. The van der Waals surface area contributed by atoms with Crippen LogP contribution in [0.15, 0.2) is 0 Å². The lowest BCUT2D eigenvalue weighted by molar-refractivity contribution is 0.130. The van der Waals surface area contributed by atoms with E-state index in [0.29, 0.717) is 17.9 Å². The minimum absolute atomic E-state index is 0.0368. The third kappa shape index (κ3) is 2.71. The minimum Gasteiger partial charge on any atom is -0.394 e. The zero-order valence-electron chi connectivity index (χ0n) is 10.0. The van der Waals surface area contributed by atoms with Crippen molar-refractivity contribution in [1.82, 2.24) is 5.32 Å². The van der Waals surface area contributed by atoms with Crippen molar-refractivity contribution in [3.05, 3.63) is 0 Å². The van der Waals surface area contributed by atoms with Crippen LogP contribution in [0.3, 0.4) is 0 Å². The van der Waals surface area contributed by atoms with Crippen molar-refractivity contribution in [3.63, 3.8) is 0 Å². The van der Waals surface area contributed by atoms with Gasteiger partial charge in [0.2, 0.25) is 0 Å². The molecule has 0 spiro atoms. The fourth-order valence-corrected chi connectivity index (χ4v) is 2.18. The predicted octanol–water partition coefficient (Wildman–Crippen LogP) is 2.17. The van der Waals surface area contributed by atoms with Crippen LogP contribution in [-0.2, 0) is 0 Å². The molecule has 14 heavy (non-hydrogen) atoms. The lowest BCUT2D eigenvalue weighted by atomic mass is 9.92. The van der Waals surface area contributed by atoms with Crippen LogP contribution in [0.25, 0.3) is 0 Å². The third-order valence-corrected chi connectivity index (χ3v) is 3.57. The molecule has 0 heterocycles. The van der Waals surface area contributed by atoms with Gasteiger partial charge in [-0.15, -0.1) is 0 Å². The highest BCUT2D eigenvalue weighted by Gasteiger charge is 2.42. The maximum atomic E-state index is 9.46. The second kappa shape index (κ2) is 4.63. The molecule has 1 fully saturated rings. The Morgan fingerprint density at radius 2 is 2.00 bits per heavy atom. The highest BCUT2D eigenvalue weighted by molar-refractivity contribution is 4.99. The molecule has 1 rings (SSSR count). The van der Waals surface area contributed by atoms with Gasteiger partial charge in [-0.1, -0.05) is 20.8 Å². The Balaban J connectivity index is 2.53. The van der Waals surface area contributed by atoms with Crippen LogP contribution in [0.4, 0.5) is 0 Å².